The van der Waals surface area contributed by atoms with Crippen LogP contribution >= 0.6 is 0 Å². The molecule has 1 aromatic rings. The molecule has 1 N–H and O–H groups in total. The average molecular weight is 307 g/mol. The molecule has 2 atom stereocenters. The van der Waals surface area contributed by atoms with Crippen molar-refractivity contribution in [3.8, 4) is 0 Å². The van der Waals surface area contributed by atoms with Gasteiger partial charge in [-0.05, 0) is 51.2 Å². The van der Waals surface area contributed by atoms with Crippen molar-refractivity contribution in [2.75, 3.05) is 13.2 Å². The molecule has 0 bridgehead atoms. The summed E-state index contributed by atoms with van der Waals surface area (Å²) in [6.45, 7) is 9.86. The number of furan rings is 1. The largest absolute Gasteiger partial charge is 0.469 e. The van der Waals surface area contributed by atoms with E-state index < -0.39 is 0 Å². The van der Waals surface area contributed by atoms with Gasteiger partial charge in [0.05, 0.1) is 11.9 Å². The fourth-order valence-corrected chi connectivity index (χ4v) is 3.26. The molecule has 4 nitrogen and oxygen atoms in total. The van der Waals surface area contributed by atoms with E-state index in [1.54, 1.807) is 6.26 Å². The molecule has 124 valence electrons. The summed E-state index contributed by atoms with van der Waals surface area (Å²) in [6, 6.07) is 3.95. The van der Waals surface area contributed by atoms with Gasteiger partial charge in [0.1, 0.15) is 5.76 Å². The van der Waals surface area contributed by atoms with Crippen molar-refractivity contribution in [1.82, 2.24) is 5.32 Å². The standard InChI is InChI=1S/C18H29NO3/c1-13(2)15(16-6-5-10-21-16)7-9-19-17(20)14-8-11-22-18(3,4)12-14/h5-6,10,13-15H,7-9,11-12H2,1-4H3,(H,19,20)/t14-,15+/m0/s1. The maximum absolute atomic E-state index is 12.3. The molecule has 0 spiro atoms. The summed E-state index contributed by atoms with van der Waals surface area (Å²) in [5, 5.41) is 3.10. The Morgan fingerprint density at radius 1 is 1.45 bits per heavy atom. The zero-order valence-corrected chi connectivity index (χ0v) is 14.2. The Kier molecular flexibility index (Phi) is 5.68. The minimum Gasteiger partial charge on any atom is -0.469 e. The molecule has 1 fully saturated rings. The van der Waals surface area contributed by atoms with E-state index in [-0.39, 0.29) is 17.4 Å². The minimum absolute atomic E-state index is 0.0739. The van der Waals surface area contributed by atoms with Gasteiger partial charge in [-0.3, -0.25) is 4.79 Å². The number of nitrogens with one attached hydrogen (secondary N) is 1. The van der Waals surface area contributed by atoms with Gasteiger partial charge in [-0.2, -0.15) is 0 Å². The molecule has 0 unspecified atom stereocenters. The van der Waals surface area contributed by atoms with Crippen molar-refractivity contribution >= 4 is 5.91 Å². The van der Waals surface area contributed by atoms with E-state index in [9.17, 15) is 4.79 Å². The highest BCUT2D eigenvalue weighted by Crippen LogP contribution is 2.29. The van der Waals surface area contributed by atoms with Gasteiger partial charge in [-0.15, -0.1) is 0 Å². The first-order chi connectivity index (χ1) is 10.4. The van der Waals surface area contributed by atoms with Gasteiger partial charge in [-0.1, -0.05) is 13.8 Å². The highest BCUT2D eigenvalue weighted by molar-refractivity contribution is 5.78. The molecule has 2 heterocycles. The first-order valence-electron chi connectivity index (χ1n) is 8.34. The molecular weight excluding hydrogens is 278 g/mol. The van der Waals surface area contributed by atoms with Crippen molar-refractivity contribution in [2.24, 2.45) is 11.8 Å². The molecule has 0 saturated carbocycles. The Morgan fingerprint density at radius 3 is 2.82 bits per heavy atom. The highest BCUT2D eigenvalue weighted by Gasteiger charge is 2.32. The van der Waals surface area contributed by atoms with Crippen LogP contribution in [0.4, 0.5) is 0 Å². The molecule has 1 amide bonds. The van der Waals surface area contributed by atoms with Crippen LogP contribution in [0.15, 0.2) is 22.8 Å². The first-order valence-corrected chi connectivity index (χ1v) is 8.34. The summed E-state index contributed by atoms with van der Waals surface area (Å²) in [4.78, 5) is 12.3. The maximum Gasteiger partial charge on any atom is 0.223 e. The number of hydrogen-bond donors (Lipinski definition) is 1. The minimum atomic E-state index is -0.186. The molecule has 1 aliphatic heterocycles. The van der Waals surface area contributed by atoms with Gasteiger partial charge in [0.25, 0.3) is 0 Å². The Labute approximate surface area is 133 Å². The van der Waals surface area contributed by atoms with E-state index >= 15 is 0 Å². The van der Waals surface area contributed by atoms with E-state index in [1.165, 1.54) is 0 Å². The van der Waals surface area contributed by atoms with Gasteiger partial charge in [0, 0.05) is 25.0 Å². The summed E-state index contributed by atoms with van der Waals surface area (Å²) >= 11 is 0. The van der Waals surface area contributed by atoms with Crippen LogP contribution < -0.4 is 5.32 Å². The second-order valence-electron chi connectivity index (χ2n) is 7.24. The van der Waals surface area contributed by atoms with Crippen LogP contribution in [0.2, 0.25) is 0 Å². The van der Waals surface area contributed by atoms with Gasteiger partial charge >= 0.3 is 0 Å². The quantitative estimate of drug-likeness (QED) is 0.871. The maximum atomic E-state index is 12.3. The third-order valence-electron chi connectivity index (χ3n) is 4.54. The Morgan fingerprint density at radius 2 is 2.23 bits per heavy atom. The normalized spacial score (nSPS) is 22.5. The average Bonchev–Trinajstić information content (AvgIpc) is 2.95. The number of ether oxygens (including phenoxy) is 1. The zero-order valence-electron chi connectivity index (χ0n) is 14.2. The third-order valence-corrected chi connectivity index (χ3v) is 4.54. The second-order valence-corrected chi connectivity index (χ2v) is 7.24. The summed E-state index contributed by atoms with van der Waals surface area (Å²) in [6.07, 6.45) is 4.24. The van der Waals surface area contributed by atoms with Crippen LogP contribution in [0.1, 0.15) is 58.6 Å². The van der Waals surface area contributed by atoms with Gasteiger partial charge in [0.2, 0.25) is 5.91 Å². The third kappa shape index (κ3) is 4.60. The van der Waals surface area contributed by atoms with Crippen molar-refractivity contribution in [2.45, 2.75) is 58.5 Å². The Bertz CT molecular complexity index is 465. The first kappa shape index (κ1) is 17.1. The number of amides is 1. The highest BCUT2D eigenvalue weighted by atomic mass is 16.5. The Hall–Kier alpha value is -1.29. The monoisotopic (exact) mass is 307 g/mol. The Balaban J connectivity index is 1.81. The summed E-state index contributed by atoms with van der Waals surface area (Å²) < 4.78 is 11.2. The lowest BCUT2D eigenvalue weighted by molar-refractivity contribution is -0.135. The van der Waals surface area contributed by atoms with Crippen molar-refractivity contribution in [1.29, 1.82) is 0 Å². The number of rotatable bonds is 6. The molecule has 0 radical (unpaired) electrons. The van der Waals surface area contributed by atoms with Crippen LogP contribution in [0.25, 0.3) is 0 Å². The summed E-state index contributed by atoms with van der Waals surface area (Å²) in [5.74, 6) is 2.09. The van der Waals surface area contributed by atoms with Crippen LogP contribution in [0.5, 0.6) is 0 Å². The number of carbonyl (C=O) groups is 1. The lowest BCUT2D eigenvalue weighted by Crippen LogP contribution is -2.41. The molecule has 1 saturated heterocycles. The van der Waals surface area contributed by atoms with E-state index in [2.05, 4.69) is 33.0 Å². The molecule has 4 heteroatoms. The van der Waals surface area contributed by atoms with Crippen LogP contribution in [0, 0.1) is 11.8 Å². The van der Waals surface area contributed by atoms with Crippen LogP contribution in [0.3, 0.4) is 0 Å². The lowest BCUT2D eigenvalue weighted by atomic mass is 9.87. The molecule has 22 heavy (non-hydrogen) atoms. The summed E-state index contributed by atoms with van der Waals surface area (Å²) in [5.41, 5.74) is -0.186. The summed E-state index contributed by atoms with van der Waals surface area (Å²) in [7, 11) is 0. The number of hydrogen-bond acceptors (Lipinski definition) is 3. The molecule has 2 rings (SSSR count). The molecule has 0 aliphatic carbocycles. The zero-order chi connectivity index (χ0) is 16.2. The number of carbonyl (C=O) groups excluding carboxylic acids is 1. The van der Waals surface area contributed by atoms with Crippen molar-refractivity contribution in [3.63, 3.8) is 0 Å². The molecule has 0 aromatic carbocycles. The van der Waals surface area contributed by atoms with E-state index in [0.717, 1.165) is 25.0 Å². The van der Waals surface area contributed by atoms with Gasteiger partial charge < -0.3 is 14.5 Å². The molecule has 1 aliphatic rings. The second kappa shape index (κ2) is 7.32. The van der Waals surface area contributed by atoms with E-state index in [1.807, 2.05) is 12.1 Å². The SMILES string of the molecule is CC(C)[C@@H](CCNC(=O)[C@H]1CCOC(C)(C)C1)c1ccco1. The fraction of sp³-hybridized carbons (Fsp3) is 0.722. The molecule has 1 aromatic heterocycles. The van der Waals surface area contributed by atoms with Crippen LogP contribution in [-0.4, -0.2) is 24.7 Å². The van der Waals surface area contributed by atoms with E-state index in [0.29, 0.717) is 25.0 Å². The predicted molar refractivity (Wildman–Crippen MR) is 86.7 cm³/mol. The van der Waals surface area contributed by atoms with E-state index in [4.69, 9.17) is 9.15 Å². The predicted octanol–water partition coefficient (Wildman–Crippen LogP) is 3.73. The smallest absolute Gasteiger partial charge is 0.223 e. The van der Waals surface area contributed by atoms with Crippen molar-refractivity contribution in [3.05, 3.63) is 24.2 Å². The van der Waals surface area contributed by atoms with Crippen molar-refractivity contribution < 1.29 is 13.9 Å². The topological polar surface area (TPSA) is 51.5 Å². The fourth-order valence-electron chi connectivity index (χ4n) is 3.26. The van der Waals surface area contributed by atoms with Crippen LogP contribution in [-0.2, 0) is 9.53 Å². The lowest BCUT2D eigenvalue weighted by Gasteiger charge is -2.34. The van der Waals surface area contributed by atoms with Gasteiger partial charge in [-0.25, -0.2) is 0 Å². The molecular formula is C18H29NO3. The van der Waals surface area contributed by atoms with Gasteiger partial charge in [0.15, 0.2) is 0 Å².